The second-order valence-electron chi connectivity index (χ2n) is 7.27. The molecule has 0 aliphatic carbocycles. The second kappa shape index (κ2) is 10.3. The molecule has 1 aliphatic heterocycles. The number of ether oxygens (including phenoxy) is 1. The van der Waals surface area contributed by atoms with E-state index in [1.807, 2.05) is 11.7 Å². The van der Waals surface area contributed by atoms with Crippen molar-refractivity contribution in [1.82, 2.24) is 25.3 Å². The fourth-order valence-corrected chi connectivity index (χ4v) is 3.13. The molecule has 2 N–H and O–H groups in total. The summed E-state index contributed by atoms with van der Waals surface area (Å²) in [5, 5.41) is 11.1. The lowest BCUT2D eigenvalue weighted by atomic mass is 10.1. The van der Waals surface area contributed by atoms with Gasteiger partial charge in [-0.05, 0) is 45.1 Å². The van der Waals surface area contributed by atoms with Crippen molar-refractivity contribution in [2.24, 2.45) is 12.0 Å². The van der Waals surface area contributed by atoms with E-state index in [0.717, 1.165) is 44.5 Å². The molecule has 1 aromatic rings. The summed E-state index contributed by atoms with van der Waals surface area (Å²) in [6.07, 6.45) is 4.33. The summed E-state index contributed by atoms with van der Waals surface area (Å²) < 4.78 is 7.58. The van der Waals surface area contributed by atoms with Crippen LogP contribution >= 0.6 is 0 Å². The number of aliphatic imine (C=N–C) groups is 1. The molecule has 0 saturated carbocycles. The lowest BCUT2D eigenvalue weighted by molar-refractivity contribution is -0.127. The first kappa shape index (κ1) is 21.2. The van der Waals surface area contributed by atoms with E-state index in [-0.39, 0.29) is 18.6 Å². The number of carbonyl (C=O) groups is 1. The summed E-state index contributed by atoms with van der Waals surface area (Å²) in [5.41, 5.74) is 3.62. The highest BCUT2D eigenvalue weighted by Crippen LogP contribution is 2.13. The fourth-order valence-electron chi connectivity index (χ4n) is 3.13. The minimum atomic E-state index is -0.0187. The number of aryl methyl sites for hydroxylation is 2. The van der Waals surface area contributed by atoms with Gasteiger partial charge in [-0.1, -0.05) is 0 Å². The number of carbonyl (C=O) groups excluding carboxylic acids is 1. The summed E-state index contributed by atoms with van der Waals surface area (Å²) in [6.45, 7) is 6.61. The second-order valence-corrected chi connectivity index (χ2v) is 7.27. The highest BCUT2D eigenvalue weighted by atomic mass is 16.5. The molecule has 8 heteroatoms. The molecule has 0 spiro atoms. The van der Waals surface area contributed by atoms with Crippen molar-refractivity contribution >= 4 is 11.9 Å². The molecule has 0 aromatic carbocycles. The van der Waals surface area contributed by atoms with Gasteiger partial charge in [0.1, 0.15) is 6.54 Å². The van der Waals surface area contributed by atoms with Crippen molar-refractivity contribution in [3.63, 3.8) is 0 Å². The highest BCUT2D eigenvalue weighted by molar-refractivity contribution is 5.84. The quantitative estimate of drug-likeness (QED) is 0.397. The molecule has 27 heavy (non-hydrogen) atoms. The number of nitrogens with zero attached hydrogens (tertiary/aromatic N) is 4. The first-order valence-corrected chi connectivity index (χ1v) is 9.71. The van der Waals surface area contributed by atoms with Crippen LogP contribution in [-0.4, -0.2) is 73.0 Å². The third-order valence-electron chi connectivity index (χ3n) is 4.95. The van der Waals surface area contributed by atoms with Crippen LogP contribution in [0.5, 0.6) is 0 Å². The largest absolute Gasteiger partial charge is 0.376 e. The monoisotopic (exact) mass is 378 g/mol. The van der Waals surface area contributed by atoms with Crippen molar-refractivity contribution in [2.45, 2.75) is 45.6 Å². The van der Waals surface area contributed by atoms with Crippen LogP contribution in [0.25, 0.3) is 0 Å². The average molecular weight is 379 g/mol. The first-order valence-electron chi connectivity index (χ1n) is 9.71. The summed E-state index contributed by atoms with van der Waals surface area (Å²) in [6, 6.07) is 0. The topological polar surface area (TPSA) is 83.8 Å². The van der Waals surface area contributed by atoms with Crippen LogP contribution in [0.4, 0.5) is 0 Å². The maximum atomic E-state index is 11.8. The van der Waals surface area contributed by atoms with E-state index in [1.54, 1.807) is 19.0 Å². The van der Waals surface area contributed by atoms with E-state index in [9.17, 15) is 4.79 Å². The number of hydrogen-bond donors (Lipinski definition) is 2. The van der Waals surface area contributed by atoms with Crippen molar-refractivity contribution in [2.75, 3.05) is 40.3 Å². The lowest BCUT2D eigenvalue weighted by Gasteiger charge is -2.16. The summed E-state index contributed by atoms with van der Waals surface area (Å²) in [5.74, 6) is 0.648. The highest BCUT2D eigenvalue weighted by Gasteiger charge is 2.16. The predicted octanol–water partition coefficient (Wildman–Crippen LogP) is 0.772. The van der Waals surface area contributed by atoms with Crippen LogP contribution in [0.1, 0.15) is 36.2 Å². The van der Waals surface area contributed by atoms with Crippen LogP contribution in [0.3, 0.4) is 0 Å². The molecular formula is C19H34N6O2. The van der Waals surface area contributed by atoms with Crippen molar-refractivity contribution in [1.29, 1.82) is 0 Å². The number of aromatic nitrogens is 2. The molecule has 1 fully saturated rings. The van der Waals surface area contributed by atoms with E-state index in [0.29, 0.717) is 12.5 Å². The Morgan fingerprint density at radius 3 is 2.74 bits per heavy atom. The molecule has 0 bridgehead atoms. The Bertz CT molecular complexity index is 647. The van der Waals surface area contributed by atoms with E-state index in [4.69, 9.17) is 4.74 Å². The smallest absolute Gasteiger partial charge is 0.243 e. The van der Waals surface area contributed by atoms with Gasteiger partial charge in [0.2, 0.25) is 5.91 Å². The van der Waals surface area contributed by atoms with Crippen LogP contribution in [-0.2, 0) is 23.0 Å². The van der Waals surface area contributed by atoms with E-state index >= 15 is 0 Å². The van der Waals surface area contributed by atoms with Gasteiger partial charge < -0.3 is 20.3 Å². The average Bonchev–Trinajstić information content (AvgIpc) is 3.22. The maximum absolute atomic E-state index is 11.8. The molecule has 152 valence electrons. The van der Waals surface area contributed by atoms with E-state index in [2.05, 4.69) is 34.6 Å². The van der Waals surface area contributed by atoms with E-state index < -0.39 is 0 Å². The third kappa shape index (κ3) is 6.53. The van der Waals surface area contributed by atoms with Crippen molar-refractivity contribution < 1.29 is 9.53 Å². The molecule has 1 aliphatic rings. The Morgan fingerprint density at radius 1 is 1.37 bits per heavy atom. The predicted molar refractivity (Wildman–Crippen MR) is 107 cm³/mol. The number of rotatable bonds is 8. The maximum Gasteiger partial charge on any atom is 0.243 e. The Hall–Kier alpha value is -2.09. The number of hydrogen-bond acceptors (Lipinski definition) is 4. The molecule has 0 radical (unpaired) electrons. The SMILES string of the molecule is Cc1nn(C)c(C)c1CCCNC(=NCC(=O)N(C)C)NCC1CCCO1. The molecule has 1 aromatic heterocycles. The Morgan fingerprint density at radius 2 is 2.15 bits per heavy atom. The molecular weight excluding hydrogens is 344 g/mol. The number of amides is 1. The Kier molecular flexibility index (Phi) is 8.09. The van der Waals surface area contributed by atoms with Gasteiger partial charge in [-0.25, -0.2) is 4.99 Å². The molecule has 8 nitrogen and oxygen atoms in total. The summed E-state index contributed by atoms with van der Waals surface area (Å²) in [4.78, 5) is 17.8. The van der Waals surface area contributed by atoms with Gasteiger partial charge in [0.25, 0.3) is 0 Å². The lowest BCUT2D eigenvalue weighted by Crippen LogP contribution is -2.42. The number of nitrogens with one attached hydrogen (secondary N) is 2. The molecule has 2 rings (SSSR count). The Labute approximate surface area is 162 Å². The zero-order valence-electron chi connectivity index (χ0n) is 17.3. The minimum absolute atomic E-state index is 0.0187. The van der Waals surface area contributed by atoms with Gasteiger partial charge >= 0.3 is 0 Å². The van der Waals surface area contributed by atoms with Gasteiger partial charge in [-0.15, -0.1) is 0 Å². The molecule has 1 saturated heterocycles. The first-order chi connectivity index (χ1) is 12.9. The zero-order valence-corrected chi connectivity index (χ0v) is 17.3. The van der Waals surface area contributed by atoms with Crippen LogP contribution in [0.15, 0.2) is 4.99 Å². The van der Waals surface area contributed by atoms with E-state index in [1.165, 1.54) is 11.3 Å². The number of likely N-dealkylation sites (N-methyl/N-ethyl adjacent to an activating group) is 1. The molecule has 2 heterocycles. The van der Waals surface area contributed by atoms with Gasteiger partial charge in [-0.2, -0.15) is 5.10 Å². The fraction of sp³-hybridized carbons (Fsp3) is 0.737. The van der Waals surface area contributed by atoms with Crippen molar-refractivity contribution in [3.05, 3.63) is 17.0 Å². The van der Waals surface area contributed by atoms with Crippen LogP contribution in [0.2, 0.25) is 0 Å². The molecule has 1 unspecified atom stereocenters. The zero-order chi connectivity index (χ0) is 19.8. The summed E-state index contributed by atoms with van der Waals surface area (Å²) in [7, 11) is 5.46. The van der Waals surface area contributed by atoms with Crippen LogP contribution < -0.4 is 10.6 Å². The molecule has 1 atom stereocenters. The van der Waals surface area contributed by atoms with Gasteiger partial charge in [0.05, 0.1) is 11.8 Å². The van der Waals surface area contributed by atoms with Crippen LogP contribution in [0, 0.1) is 13.8 Å². The van der Waals surface area contributed by atoms with Crippen molar-refractivity contribution in [3.8, 4) is 0 Å². The Balaban J connectivity index is 1.84. The van der Waals surface area contributed by atoms with Gasteiger partial charge in [0, 0.05) is 46.5 Å². The normalized spacial score (nSPS) is 17.2. The summed E-state index contributed by atoms with van der Waals surface area (Å²) >= 11 is 0. The van der Waals surface area contributed by atoms with Gasteiger partial charge in [-0.3, -0.25) is 9.48 Å². The number of guanidine groups is 1. The third-order valence-corrected chi connectivity index (χ3v) is 4.95. The standard InChI is InChI=1S/C19H34N6O2/c1-14-17(15(2)25(5)23-14)9-6-10-20-19(22-13-18(26)24(3)4)21-12-16-8-7-11-27-16/h16H,6-13H2,1-5H3,(H2,20,21,22). The van der Waals surface area contributed by atoms with Gasteiger partial charge in [0.15, 0.2) is 5.96 Å². The minimum Gasteiger partial charge on any atom is -0.376 e. The molecule has 1 amide bonds.